The molecule has 1 aliphatic heterocycles. The SMILES string of the molecule is CC(C)(C)c1cc([N+](=O)[O-])cc(C=[N+]2[Co][N+](=Cc3cc([N+](=O)[O-])cc(C(C)(C)C)c3O)[C@@H]3CCCC[C@H]32)c1O.[O-]C(F)(F)C(F)(C(F)(F)F)C(F)(F)F. The van der Waals surface area contributed by atoms with E-state index in [-0.39, 0.29) is 35.0 Å². The third kappa shape index (κ3) is 9.05. The zero-order chi connectivity index (χ0) is 40.9. The average Bonchev–Trinajstić information content (AvgIpc) is 3.32. The van der Waals surface area contributed by atoms with Crippen molar-refractivity contribution in [2.75, 3.05) is 0 Å². The first-order valence-corrected chi connectivity index (χ1v) is 16.6. The average molecular weight is 819 g/mol. The van der Waals surface area contributed by atoms with Crippen LogP contribution in [0.5, 0.6) is 11.5 Å². The third-order valence-electron chi connectivity index (χ3n) is 8.43. The number of hydrogen-bond donors (Lipinski definition) is 2. The van der Waals surface area contributed by atoms with Crippen LogP contribution in [0.3, 0.4) is 0 Å². The molecule has 2 aliphatic rings. The van der Waals surface area contributed by atoms with E-state index in [1.807, 2.05) is 41.5 Å². The van der Waals surface area contributed by atoms with Gasteiger partial charge in [0.2, 0.25) is 6.11 Å². The fraction of sp³-hybridized carbons (Fsp3) is 0.562. The number of hydrogen-bond acceptors (Lipinski definition) is 7. The quantitative estimate of drug-likeness (QED) is 0.186. The standard InChI is InChI=1S/C28H36N4O6.C4F9O.Co/c1-27(2,3)21-13-19(31(35)36)11-17(25(21)33)15-29-23-9-7-8-10-24(23)30-16-18-12-20(32(37)38)14-22(26(18)34)28(4,5)6;5-1(2(6,7)8,3(9,10)11)4(12,13)14;/h11-16,23-24,33-34H,7-10H2,1-6H3;;/q;-1;+2/t23-,24-;;/m1../s1. The van der Waals surface area contributed by atoms with Gasteiger partial charge in [-0.2, -0.15) is 26.3 Å². The number of phenols is 2. The number of non-ortho nitro benzene ring substituents is 2. The van der Waals surface area contributed by atoms with E-state index in [0.29, 0.717) is 22.3 Å². The van der Waals surface area contributed by atoms with Gasteiger partial charge in [-0.15, -0.1) is 0 Å². The molecule has 0 radical (unpaired) electrons. The summed E-state index contributed by atoms with van der Waals surface area (Å²) in [6.07, 6.45) is -13.5. The van der Waals surface area contributed by atoms with Crippen molar-refractivity contribution in [2.24, 2.45) is 0 Å². The van der Waals surface area contributed by atoms with Gasteiger partial charge in [-0.3, -0.25) is 0 Å². The van der Waals surface area contributed by atoms with Crippen LogP contribution in [-0.4, -0.2) is 76.0 Å². The minimum Gasteiger partial charge on any atom is -0.795 e. The summed E-state index contributed by atoms with van der Waals surface area (Å²) in [4.78, 5) is 22.5. The Morgan fingerprint density at radius 2 is 1.00 bits per heavy atom. The van der Waals surface area contributed by atoms with Crippen LogP contribution in [0.2, 0.25) is 0 Å². The number of nitro benzene ring substituents is 2. The van der Waals surface area contributed by atoms with E-state index in [1.54, 1.807) is 12.4 Å². The number of halogens is 9. The van der Waals surface area contributed by atoms with Crippen molar-refractivity contribution in [2.45, 2.75) is 114 Å². The van der Waals surface area contributed by atoms with Crippen molar-refractivity contribution in [1.29, 1.82) is 0 Å². The number of alkyl halides is 9. The molecule has 0 spiro atoms. The molecule has 0 amide bonds. The molecule has 11 nitrogen and oxygen atoms in total. The van der Waals surface area contributed by atoms with Crippen LogP contribution < -0.4 is 5.11 Å². The molecule has 1 aliphatic carbocycles. The molecule has 2 aromatic carbocycles. The summed E-state index contributed by atoms with van der Waals surface area (Å²) in [7, 11) is 0. The molecule has 0 unspecified atom stereocenters. The fourth-order valence-corrected chi connectivity index (χ4v) is 7.26. The zero-order valence-electron chi connectivity index (χ0n) is 28.9. The van der Waals surface area contributed by atoms with Gasteiger partial charge in [-0.05, 0) is 0 Å². The Morgan fingerprint density at radius 1 is 0.679 bits per heavy atom. The van der Waals surface area contributed by atoms with Crippen molar-refractivity contribution in [3.8, 4) is 11.5 Å². The van der Waals surface area contributed by atoms with E-state index in [0.717, 1.165) is 40.8 Å². The molecule has 297 valence electrons. The molecule has 2 N–H and O–H groups in total. The first-order chi connectivity index (χ1) is 23.8. The van der Waals surface area contributed by atoms with Gasteiger partial charge in [0.05, 0.1) is 0 Å². The molecule has 0 bridgehead atoms. The maximum atomic E-state index is 12.0. The van der Waals surface area contributed by atoms with Gasteiger partial charge in [0.25, 0.3) is 0 Å². The number of phenolic OH excluding ortho intramolecular Hbond substituents is 2. The number of benzene rings is 2. The Balaban J connectivity index is 0.000000458. The third-order valence-corrected chi connectivity index (χ3v) is 9.87. The van der Waals surface area contributed by atoms with E-state index in [9.17, 15) is 75.1 Å². The Labute approximate surface area is 303 Å². The molecule has 2 aromatic rings. The number of fused-ring (bicyclic) bond motifs is 1. The second-order valence-electron chi connectivity index (χ2n) is 14.4. The van der Waals surface area contributed by atoms with Crippen LogP contribution >= 0.6 is 0 Å². The number of aromatic hydroxyl groups is 2. The van der Waals surface area contributed by atoms with Crippen LogP contribution in [0.1, 0.15) is 89.5 Å². The van der Waals surface area contributed by atoms with Crippen molar-refractivity contribution < 1.29 is 87.1 Å². The molecule has 0 aromatic heterocycles. The molecule has 1 heterocycles. The maximum absolute atomic E-state index is 12.0. The van der Waals surface area contributed by atoms with Crippen molar-refractivity contribution >= 4 is 23.8 Å². The minimum absolute atomic E-state index is 0.0173. The summed E-state index contributed by atoms with van der Waals surface area (Å²) in [5.74, 6) is 0.0345. The molecule has 1 saturated heterocycles. The van der Waals surface area contributed by atoms with E-state index in [2.05, 4.69) is 7.25 Å². The molecule has 1 saturated carbocycles. The van der Waals surface area contributed by atoms with Crippen molar-refractivity contribution in [1.82, 2.24) is 0 Å². The van der Waals surface area contributed by atoms with Crippen molar-refractivity contribution in [3.63, 3.8) is 0 Å². The monoisotopic (exact) mass is 818 g/mol. The second kappa shape index (κ2) is 14.7. The zero-order valence-corrected chi connectivity index (χ0v) is 29.9. The van der Waals surface area contributed by atoms with Crippen LogP contribution in [0.15, 0.2) is 24.3 Å². The predicted octanol–water partition coefficient (Wildman–Crippen LogP) is 7.08. The number of nitrogens with zero attached hydrogens (tertiary/aromatic N) is 4. The van der Waals surface area contributed by atoms with Crippen molar-refractivity contribution in [3.05, 3.63) is 66.7 Å². The normalized spacial score (nSPS) is 20.4. The van der Waals surface area contributed by atoms with Gasteiger partial charge < -0.3 is 5.11 Å². The molecule has 4 rings (SSSR count). The molecule has 2 atom stereocenters. The smallest absolute Gasteiger partial charge is 0.436 e. The first kappa shape index (κ1) is 43.4. The largest absolute Gasteiger partial charge is 0.795 e. The number of rotatable bonds is 5. The van der Waals surface area contributed by atoms with E-state index >= 15 is 0 Å². The topological polar surface area (TPSA) is 156 Å². The van der Waals surface area contributed by atoms with Gasteiger partial charge in [0, 0.05) is 0 Å². The fourth-order valence-electron chi connectivity index (χ4n) is 5.64. The second-order valence-corrected chi connectivity index (χ2v) is 15.7. The van der Waals surface area contributed by atoms with Crippen LogP contribution in [0.4, 0.5) is 50.9 Å². The molecular formula is C32H36CoF9N4O7+. The van der Waals surface area contributed by atoms with Gasteiger partial charge in [0.1, 0.15) is 0 Å². The molecule has 21 heteroatoms. The summed E-state index contributed by atoms with van der Waals surface area (Å²) in [6.45, 7) is 11.4. The van der Waals surface area contributed by atoms with Gasteiger partial charge in [0.15, 0.2) is 0 Å². The summed E-state index contributed by atoms with van der Waals surface area (Å²) in [5, 5.41) is 54.9. The maximum Gasteiger partial charge on any atom is 0.436 e. The predicted molar refractivity (Wildman–Crippen MR) is 165 cm³/mol. The first-order valence-electron chi connectivity index (χ1n) is 15.6. The summed E-state index contributed by atoms with van der Waals surface area (Å²) < 4.78 is 107. The van der Waals surface area contributed by atoms with Gasteiger partial charge in [-0.1, -0.05) is 0 Å². The van der Waals surface area contributed by atoms with Crippen LogP contribution in [-0.2, 0) is 26.0 Å². The van der Waals surface area contributed by atoms with Gasteiger partial charge in [-0.25, -0.2) is 13.2 Å². The number of nitro groups is 2. The summed E-state index contributed by atoms with van der Waals surface area (Å²) in [5.41, 5.74) is -6.50. The van der Waals surface area contributed by atoms with E-state index < -0.39 is 44.8 Å². The Bertz CT molecular complexity index is 1670. The summed E-state index contributed by atoms with van der Waals surface area (Å²) >= 11 is 0.772. The minimum atomic E-state index is -7.08. The summed E-state index contributed by atoms with van der Waals surface area (Å²) in [6, 6.07) is 5.80. The van der Waals surface area contributed by atoms with Crippen LogP contribution in [0.25, 0.3) is 0 Å². The Morgan fingerprint density at radius 3 is 1.23 bits per heavy atom. The Hall–Kier alpha value is -3.98. The molecular weight excluding hydrogens is 782 g/mol. The molecule has 2 fully saturated rings. The van der Waals surface area contributed by atoms with E-state index in [4.69, 9.17) is 0 Å². The van der Waals surface area contributed by atoms with Gasteiger partial charge >= 0.3 is 253 Å². The molecule has 53 heavy (non-hydrogen) atoms. The van der Waals surface area contributed by atoms with E-state index in [1.165, 1.54) is 24.3 Å². The van der Waals surface area contributed by atoms with Crippen LogP contribution in [0, 0.1) is 20.2 Å². The Kier molecular flexibility index (Phi) is 12.0.